The standard InChI is InChI=1S/C26H22F4N6/c1-35-13-3-4-19(35)11-12-31-25-32-15-21-23(34-36(2)24(21)33-25)17-7-5-16(6-8-17)20-14-18(26(28,29)30)9-10-22(20)27/h3-10,13-15H,11-12H2,1-2H3,(H,31,32,33). The number of aryl methyl sites for hydroxylation is 2. The Balaban J connectivity index is 1.39. The molecule has 5 aromatic rings. The zero-order valence-electron chi connectivity index (χ0n) is 19.5. The third-order valence-electron chi connectivity index (χ3n) is 6.06. The largest absolute Gasteiger partial charge is 0.416 e. The normalized spacial score (nSPS) is 11.8. The van der Waals surface area contributed by atoms with Gasteiger partial charge in [-0.3, -0.25) is 0 Å². The first-order chi connectivity index (χ1) is 17.2. The highest BCUT2D eigenvalue weighted by Crippen LogP contribution is 2.35. The molecule has 0 unspecified atom stereocenters. The summed E-state index contributed by atoms with van der Waals surface area (Å²) >= 11 is 0. The number of benzene rings is 2. The molecular weight excluding hydrogens is 472 g/mol. The van der Waals surface area contributed by atoms with E-state index in [9.17, 15) is 17.6 Å². The molecule has 3 heterocycles. The number of rotatable bonds is 6. The van der Waals surface area contributed by atoms with Gasteiger partial charge in [0.05, 0.1) is 10.9 Å². The summed E-state index contributed by atoms with van der Waals surface area (Å²) in [6, 6.07) is 13.0. The van der Waals surface area contributed by atoms with Crippen molar-refractivity contribution in [1.82, 2.24) is 24.3 Å². The topological polar surface area (TPSA) is 60.6 Å². The minimum absolute atomic E-state index is 0.114. The van der Waals surface area contributed by atoms with Crippen LogP contribution in [0.4, 0.5) is 23.5 Å². The highest BCUT2D eigenvalue weighted by Gasteiger charge is 2.31. The molecule has 6 nitrogen and oxygen atoms in total. The van der Waals surface area contributed by atoms with Crippen LogP contribution in [-0.2, 0) is 26.7 Å². The smallest absolute Gasteiger partial charge is 0.354 e. The van der Waals surface area contributed by atoms with E-state index in [0.29, 0.717) is 35.0 Å². The van der Waals surface area contributed by atoms with Gasteiger partial charge in [0, 0.05) is 56.3 Å². The molecule has 10 heteroatoms. The maximum atomic E-state index is 14.3. The van der Waals surface area contributed by atoms with E-state index in [-0.39, 0.29) is 5.56 Å². The molecule has 0 saturated heterocycles. The van der Waals surface area contributed by atoms with Crippen LogP contribution in [0.3, 0.4) is 0 Å². The molecule has 0 saturated carbocycles. The van der Waals surface area contributed by atoms with Crippen LogP contribution in [0.25, 0.3) is 33.4 Å². The summed E-state index contributed by atoms with van der Waals surface area (Å²) in [4.78, 5) is 9.01. The lowest BCUT2D eigenvalue weighted by molar-refractivity contribution is -0.137. The van der Waals surface area contributed by atoms with Crippen molar-refractivity contribution < 1.29 is 17.6 Å². The molecule has 0 spiro atoms. The van der Waals surface area contributed by atoms with Crippen molar-refractivity contribution in [1.29, 1.82) is 0 Å². The summed E-state index contributed by atoms with van der Waals surface area (Å²) in [7, 11) is 3.77. The summed E-state index contributed by atoms with van der Waals surface area (Å²) in [5, 5.41) is 8.52. The first kappa shape index (κ1) is 23.5. The van der Waals surface area contributed by atoms with Crippen LogP contribution in [0.1, 0.15) is 11.3 Å². The van der Waals surface area contributed by atoms with Gasteiger partial charge in [-0.05, 0) is 35.9 Å². The van der Waals surface area contributed by atoms with Crippen LogP contribution in [0.2, 0.25) is 0 Å². The number of fused-ring (bicyclic) bond motifs is 1. The van der Waals surface area contributed by atoms with Crippen molar-refractivity contribution in [3.05, 3.63) is 84.1 Å². The van der Waals surface area contributed by atoms with Crippen LogP contribution in [0, 0.1) is 5.82 Å². The SMILES string of the molecule is Cn1cccc1CCNc1ncc2c(-c3ccc(-c4cc(C(F)(F)F)ccc4F)cc3)nn(C)c2n1. The molecule has 0 aliphatic rings. The first-order valence-corrected chi connectivity index (χ1v) is 11.2. The molecule has 5 rings (SSSR count). The minimum Gasteiger partial charge on any atom is -0.354 e. The van der Waals surface area contributed by atoms with Gasteiger partial charge in [-0.15, -0.1) is 0 Å². The lowest BCUT2D eigenvalue weighted by Crippen LogP contribution is -2.10. The second kappa shape index (κ2) is 9.10. The second-order valence-electron chi connectivity index (χ2n) is 8.46. The Morgan fingerprint density at radius 3 is 2.42 bits per heavy atom. The fourth-order valence-electron chi connectivity index (χ4n) is 4.13. The fraction of sp³-hybridized carbons (Fsp3) is 0.192. The minimum atomic E-state index is -4.55. The summed E-state index contributed by atoms with van der Waals surface area (Å²) in [6.07, 6.45) is -0.0434. The van der Waals surface area contributed by atoms with Crippen molar-refractivity contribution in [3.8, 4) is 22.4 Å². The fourth-order valence-corrected chi connectivity index (χ4v) is 4.13. The van der Waals surface area contributed by atoms with Crippen LogP contribution in [0.15, 0.2) is 67.0 Å². The molecular formula is C26H22F4N6. The number of aromatic nitrogens is 5. The van der Waals surface area contributed by atoms with E-state index >= 15 is 0 Å². The van der Waals surface area contributed by atoms with E-state index in [1.165, 1.54) is 5.69 Å². The van der Waals surface area contributed by atoms with Gasteiger partial charge in [-0.25, -0.2) is 14.1 Å². The third-order valence-corrected chi connectivity index (χ3v) is 6.06. The van der Waals surface area contributed by atoms with Crippen molar-refractivity contribution in [3.63, 3.8) is 0 Å². The van der Waals surface area contributed by atoms with E-state index in [1.807, 2.05) is 19.3 Å². The molecule has 0 bridgehead atoms. The van der Waals surface area contributed by atoms with Gasteiger partial charge >= 0.3 is 6.18 Å². The monoisotopic (exact) mass is 494 g/mol. The summed E-state index contributed by atoms with van der Waals surface area (Å²) in [5.74, 6) is -0.235. The number of anilines is 1. The lowest BCUT2D eigenvalue weighted by Gasteiger charge is -2.10. The number of halogens is 4. The molecule has 0 aliphatic heterocycles. The van der Waals surface area contributed by atoms with Gasteiger partial charge < -0.3 is 9.88 Å². The Morgan fingerprint density at radius 1 is 0.972 bits per heavy atom. The van der Waals surface area contributed by atoms with Gasteiger partial charge in [-0.1, -0.05) is 24.3 Å². The highest BCUT2D eigenvalue weighted by atomic mass is 19.4. The molecule has 184 valence electrons. The Bertz CT molecular complexity index is 1530. The van der Waals surface area contributed by atoms with E-state index in [1.54, 1.807) is 42.2 Å². The van der Waals surface area contributed by atoms with E-state index in [2.05, 4.69) is 31.0 Å². The predicted octanol–water partition coefficient (Wildman–Crippen LogP) is 5.85. The number of nitrogens with zero attached hydrogens (tertiary/aromatic N) is 5. The predicted molar refractivity (Wildman–Crippen MR) is 130 cm³/mol. The Hall–Kier alpha value is -4.21. The maximum Gasteiger partial charge on any atom is 0.416 e. The molecule has 2 aromatic carbocycles. The molecule has 0 aliphatic carbocycles. The molecule has 1 N–H and O–H groups in total. The average Bonchev–Trinajstić information content (AvgIpc) is 3.41. The second-order valence-corrected chi connectivity index (χ2v) is 8.46. The van der Waals surface area contributed by atoms with Crippen LogP contribution < -0.4 is 5.32 Å². The van der Waals surface area contributed by atoms with Gasteiger partial charge in [0.2, 0.25) is 5.95 Å². The quantitative estimate of drug-likeness (QED) is 0.301. The van der Waals surface area contributed by atoms with Crippen molar-refractivity contribution in [2.75, 3.05) is 11.9 Å². The number of hydrogen-bond donors (Lipinski definition) is 1. The van der Waals surface area contributed by atoms with Crippen LogP contribution >= 0.6 is 0 Å². The van der Waals surface area contributed by atoms with Crippen molar-refractivity contribution in [2.45, 2.75) is 12.6 Å². The maximum absolute atomic E-state index is 14.3. The van der Waals surface area contributed by atoms with Gasteiger partial charge in [0.25, 0.3) is 0 Å². The summed E-state index contributed by atoms with van der Waals surface area (Å²) in [5.41, 5.74) is 2.49. The van der Waals surface area contributed by atoms with E-state index in [4.69, 9.17) is 0 Å². The van der Waals surface area contributed by atoms with E-state index in [0.717, 1.165) is 30.0 Å². The number of hydrogen-bond acceptors (Lipinski definition) is 4. The van der Waals surface area contributed by atoms with Crippen LogP contribution in [0.5, 0.6) is 0 Å². The first-order valence-electron chi connectivity index (χ1n) is 11.2. The van der Waals surface area contributed by atoms with Crippen molar-refractivity contribution >= 4 is 17.0 Å². The Morgan fingerprint density at radius 2 is 1.72 bits per heavy atom. The number of nitrogens with one attached hydrogen (secondary N) is 1. The van der Waals surface area contributed by atoms with Gasteiger partial charge in [0.1, 0.15) is 11.5 Å². The van der Waals surface area contributed by atoms with E-state index < -0.39 is 17.6 Å². The lowest BCUT2D eigenvalue weighted by atomic mass is 10.00. The summed E-state index contributed by atoms with van der Waals surface area (Å²) in [6.45, 7) is 0.668. The number of alkyl halides is 3. The molecule has 0 amide bonds. The average molecular weight is 494 g/mol. The Kier molecular flexibility index (Phi) is 5.95. The highest BCUT2D eigenvalue weighted by molar-refractivity contribution is 5.91. The third kappa shape index (κ3) is 4.53. The zero-order valence-corrected chi connectivity index (χ0v) is 19.5. The zero-order chi connectivity index (χ0) is 25.4. The molecule has 0 fully saturated rings. The van der Waals surface area contributed by atoms with Crippen molar-refractivity contribution in [2.24, 2.45) is 14.1 Å². The molecule has 36 heavy (non-hydrogen) atoms. The van der Waals surface area contributed by atoms with Gasteiger partial charge in [-0.2, -0.15) is 23.3 Å². The van der Waals surface area contributed by atoms with Gasteiger partial charge in [0.15, 0.2) is 5.65 Å². The molecule has 3 aromatic heterocycles. The molecule has 0 atom stereocenters. The van der Waals surface area contributed by atoms with Crippen LogP contribution in [-0.4, -0.2) is 30.9 Å². The Labute approximate surface area is 204 Å². The summed E-state index contributed by atoms with van der Waals surface area (Å²) < 4.78 is 57.2. The molecule has 0 radical (unpaired) electrons.